The number of nitrogens with zero attached hydrogens (tertiary/aromatic N) is 2. The molecule has 0 heterocycles. The van der Waals surface area contributed by atoms with E-state index in [1.54, 1.807) is 36.4 Å². The van der Waals surface area contributed by atoms with Crippen molar-refractivity contribution in [3.63, 3.8) is 0 Å². The van der Waals surface area contributed by atoms with Crippen LogP contribution in [0.2, 0.25) is 5.02 Å². The first-order chi connectivity index (χ1) is 19.6. The van der Waals surface area contributed by atoms with Crippen LogP contribution >= 0.6 is 11.6 Å². The Labute approximate surface area is 246 Å². The summed E-state index contributed by atoms with van der Waals surface area (Å²) in [5, 5.41) is 3.46. The van der Waals surface area contributed by atoms with Gasteiger partial charge in [0, 0.05) is 17.6 Å². The number of carbonyl (C=O) groups excluding carboxylic acids is 2. The van der Waals surface area contributed by atoms with E-state index in [9.17, 15) is 22.4 Å². The van der Waals surface area contributed by atoms with E-state index in [-0.39, 0.29) is 23.4 Å². The van der Waals surface area contributed by atoms with Crippen molar-refractivity contribution in [2.75, 3.05) is 10.8 Å². The Hall–Kier alpha value is -3.43. The summed E-state index contributed by atoms with van der Waals surface area (Å²) < 4.78 is 42.4. The Kier molecular flexibility index (Phi) is 10.0. The molecule has 41 heavy (non-hydrogen) atoms. The number of hydrogen-bond donors (Lipinski definition) is 1. The van der Waals surface area contributed by atoms with Gasteiger partial charge in [-0.05, 0) is 80.3 Å². The maximum Gasteiger partial charge on any atom is 0.264 e. The van der Waals surface area contributed by atoms with E-state index in [1.807, 2.05) is 13.8 Å². The fraction of sp³-hybridized carbons (Fsp3) is 0.355. The van der Waals surface area contributed by atoms with E-state index >= 15 is 0 Å². The summed E-state index contributed by atoms with van der Waals surface area (Å²) in [6.45, 7) is 3.17. The van der Waals surface area contributed by atoms with Gasteiger partial charge in [0.1, 0.15) is 18.4 Å². The third-order valence-corrected chi connectivity index (χ3v) is 9.40. The molecule has 1 aliphatic rings. The molecule has 1 saturated carbocycles. The number of amides is 2. The Morgan fingerprint density at radius 3 is 2.17 bits per heavy atom. The standard InChI is InChI=1S/C31H35ClFN3O4S/c1-3-29(31(38)34-26-6-4-5-7-26)35(20-23-10-14-25(33)15-11-23)30(37)21-36(27-16-8-22(2)9-17-27)41(39,40)28-18-12-24(32)13-19-28/h8-19,26,29H,3-7,20-21H2,1-2H3,(H,34,38)/t29-/m1/s1. The zero-order chi connectivity index (χ0) is 29.6. The normalized spacial score (nSPS) is 14.4. The highest BCUT2D eigenvalue weighted by atomic mass is 35.5. The number of aryl methyl sites for hydroxylation is 1. The van der Waals surface area contributed by atoms with Crippen molar-refractivity contribution in [2.45, 2.75) is 69.5 Å². The van der Waals surface area contributed by atoms with Crippen molar-refractivity contribution in [2.24, 2.45) is 0 Å². The quantitative estimate of drug-likeness (QED) is 0.300. The molecule has 3 aromatic carbocycles. The zero-order valence-electron chi connectivity index (χ0n) is 23.2. The molecule has 0 radical (unpaired) electrons. The number of carbonyl (C=O) groups is 2. The van der Waals surface area contributed by atoms with Gasteiger partial charge in [-0.15, -0.1) is 0 Å². The predicted octanol–water partition coefficient (Wildman–Crippen LogP) is 5.85. The highest BCUT2D eigenvalue weighted by Crippen LogP contribution is 2.26. The molecule has 3 aromatic rings. The molecule has 1 fully saturated rings. The van der Waals surface area contributed by atoms with Crippen LogP contribution in [0.25, 0.3) is 0 Å². The fourth-order valence-electron chi connectivity index (χ4n) is 5.05. The highest BCUT2D eigenvalue weighted by Gasteiger charge is 2.34. The molecular weight excluding hydrogens is 565 g/mol. The van der Waals surface area contributed by atoms with Crippen LogP contribution in [0, 0.1) is 12.7 Å². The second-order valence-corrected chi connectivity index (χ2v) is 12.7. The highest BCUT2D eigenvalue weighted by molar-refractivity contribution is 7.92. The van der Waals surface area contributed by atoms with Gasteiger partial charge in [-0.25, -0.2) is 12.8 Å². The van der Waals surface area contributed by atoms with Crippen molar-refractivity contribution >= 4 is 39.1 Å². The number of nitrogens with one attached hydrogen (secondary N) is 1. The first-order valence-electron chi connectivity index (χ1n) is 13.8. The van der Waals surface area contributed by atoms with Crippen LogP contribution in [0.15, 0.2) is 77.7 Å². The molecule has 0 aromatic heterocycles. The Bertz CT molecular complexity index is 1440. The zero-order valence-corrected chi connectivity index (χ0v) is 24.8. The molecule has 218 valence electrons. The van der Waals surface area contributed by atoms with Crippen molar-refractivity contribution in [3.05, 3.63) is 94.8 Å². The van der Waals surface area contributed by atoms with Crippen molar-refractivity contribution < 1.29 is 22.4 Å². The second-order valence-electron chi connectivity index (χ2n) is 10.4. The molecule has 0 spiro atoms. The average molecular weight is 600 g/mol. The predicted molar refractivity (Wildman–Crippen MR) is 159 cm³/mol. The maximum atomic E-state index is 14.1. The van der Waals surface area contributed by atoms with Gasteiger partial charge in [-0.3, -0.25) is 13.9 Å². The Balaban J connectivity index is 1.70. The molecule has 10 heteroatoms. The monoisotopic (exact) mass is 599 g/mol. The molecule has 0 saturated heterocycles. The minimum Gasteiger partial charge on any atom is -0.352 e. The van der Waals surface area contributed by atoms with Gasteiger partial charge in [0.05, 0.1) is 10.6 Å². The smallest absolute Gasteiger partial charge is 0.264 e. The van der Waals surface area contributed by atoms with Crippen LogP contribution in [0.1, 0.15) is 50.2 Å². The van der Waals surface area contributed by atoms with Gasteiger partial charge in [-0.1, -0.05) is 61.2 Å². The fourth-order valence-corrected chi connectivity index (χ4v) is 6.59. The van der Waals surface area contributed by atoms with Crippen LogP contribution in [0.5, 0.6) is 0 Å². The molecule has 1 aliphatic carbocycles. The minimum atomic E-state index is -4.19. The number of benzene rings is 3. The average Bonchev–Trinajstić information content (AvgIpc) is 3.46. The molecule has 7 nitrogen and oxygen atoms in total. The second kappa shape index (κ2) is 13.5. The number of hydrogen-bond acceptors (Lipinski definition) is 4. The summed E-state index contributed by atoms with van der Waals surface area (Å²) in [5.74, 6) is -1.25. The molecule has 1 atom stereocenters. The van der Waals surface area contributed by atoms with E-state index in [1.165, 1.54) is 41.3 Å². The first-order valence-corrected chi connectivity index (χ1v) is 15.6. The lowest BCUT2D eigenvalue weighted by Crippen LogP contribution is -2.53. The summed E-state index contributed by atoms with van der Waals surface area (Å²) in [7, 11) is -4.19. The summed E-state index contributed by atoms with van der Waals surface area (Å²) in [6.07, 6.45) is 4.16. The first kappa shape index (κ1) is 30.5. The molecule has 0 unspecified atom stereocenters. The molecule has 2 amide bonds. The molecule has 1 N–H and O–H groups in total. The third kappa shape index (κ3) is 7.65. The van der Waals surface area contributed by atoms with Crippen LogP contribution in [0.3, 0.4) is 0 Å². The maximum absolute atomic E-state index is 14.1. The van der Waals surface area contributed by atoms with E-state index in [2.05, 4.69) is 5.32 Å². The Morgan fingerprint density at radius 1 is 0.976 bits per heavy atom. The van der Waals surface area contributed by atoms with Gasteiger partial charge < -0.3 is 10.2 Å². The molecule has 0 aliphatic heterocycles. The summed E-state index contributed by atoms with van der Waals surface area (Å²) >= 11 is 6.00. The minimum absolute atomic E-state index is 0.0123. The number of anilines is 1. The largest absolute Gasteiger partial charge is 0.352 e. The lowest BCUT2D eigenvalue weighted by Gasteiger charge is -2.33. The van der Waals surface area contributed by atoms with E-state index < -0.39 is 34.3 Å². The van der Waals surface area contributed by atoms with Gasteiger partial charge >= 0.3 is 0 Å². The lowest BCUT2D eigenvalue weighted by atomic mass is 10.1. The summed E-state index contributed by atoms with van der Waals surface area (Å²) in [6, 6.07) is 17.5. The molecule has 4 rings (SSSR count). The van der Waals surface area contributed by atoms with Crippen LogP contribution in [-0.2, 0) is 26.2 Å². The Morgan fingerprint density at radius 2 is 1.59 bits per heavy atom. The van der Waals surface area contributed by atoms with Crippen LogP contribution < -0.4 is 9.62 Å². The van der Waals surface area contributed by atoms with Crippen molar-refractivity contribution in [1.82, 2.24) is 10.2 Å². The molecular formula is C31H35ClFN3O4S. The van der Waals surface area contributed by atoms with Gasteiger partial charge in [0.2, 0.25) is 11.8 Å². The number of halogens is 2. The van der Waals surface area contributed by atoms with Gasteiger partial charge in [0.25, 0.3) is 10.0 Å². The summed E-state index contributed by atoms with van der Waals surface area (Å²) in [4.78, 5) is 28.9. The molecule has 0 bridgehead atoms. The van der Waals surface area contributed by atoms with E-state index in [0.29, 0.717) is 22.7 Å². The lowest BCUT2D eigenvalue weighted by molar-refractivity contribution is -0.140. The van der Waals surface area contributed by atoms with E-state index in [0.717, 1.165) is 35.6 Å². The third-order valence-electron chi connectivity index (χ3n) is 7.36. The van der Waals surface area contributed by atoms with Crippen molar-refractivity contribution in [1.29, 1.82) is 0 Å². The summed E-state index contributed by atoms with van der Waals surface area (Å²) in [5.41, 5.74) is 1.86. The topological polar surface area (TPSA) is 86.8 Å². The van der Waals surface area contributed by atoms with Crippen LogP contribution in [-0.4, -0.2) is 43.8 Å². The van der Waals surface area contributed by atoms with Crippen molar-refractivity contribution in [3.8, 4) is 0 Å². The van der Waals surface area contributed by atoms with Gasteiger partial charge in [-0.2, -0.15) is 0 Å². The van der Waals surface area contributed by atoms with E-state index in [4.69, 9.17) is 11.6 Å². The number of rotatable bonds is 11. The van der Waals surface area contributed by atoms with Gasteiger partial charge in [0.15, 0.2) is 0 Å². The van der Waals surface area contributed by atoms with Crippen LogP contribution in [0.4, 0.5) is 10.1 Å². The number of sulfonamides is 1. The SMILES string of the molecule is CC[C@H](C(=O)NC1CCCC1)N(Cc1ccc(F)cc1)C(=O)CN(c1ccc(C)cc1)S(=O)(=O)c1ccc(Cl)cc1.